The lowest BCUT2D eigenvalue weighted by atomic mass is 10.1. The second-order valence-corrected chi connectivity index (χ2v) is 3.96. The molecule has 1 amide bonds. The maximum atomic E-state index is 11.6. The number of rotatable bonds is 4. The summed E-state index contributed by atoms with van der Waals surface area (Å²) in [5.41, 5.74) is 1.45. The highest BCUT2D eigenvalue weighted by Gasteiger charge is 2.05. The molecule has 3 heteroatoms. The van der Waals surface area contributed by atoms with Gasteiger partial charge < -0.3 is 10.4 Å². The van der Waals surface area contributed by atoms with Crippen molar-refractivity contribution in [2.24, 2.45) is 5.92 Å². The summed E-state index contributed by atoms with van der Waals surface area (Å²) in [5.74, 6) is 0.388. The van der Waals surface area contributed by atoms with Crippen molar-refractivity contribution >= 4 is 5.91 Å². The van der Waals surface area contributed by atoms with Crippen LogP contribution in [0.25, 0.3) is 0 Å². The number of aliphatic hydroxyl groups is 1. The fourth-order valence-electron chi connectivity index (χ4n) is 1.16. The summed E-state index contributed by atoms with van der Waals surface area (Å²) in [6.45, 7) is 4.79. The molecule has 0 saturated heterocycles. The Morgan fingerprint density at radius 1 is 1.33 bits per heavy atom. The topological polar surface area (TPSA) is 49.3 Å². The lowest BCUT2D eigenvalue weighted by Gasteiger charge is -2.07. The average Bonchev–Trinajstić information content (AvgIpc) is 2.26. The summed E-state index contributed by atoms with van der Waals surface area (Å²) in [6.07, 6.45) is 0. The fourth-order valence-corrected chi connectivity index (χ4v) is 1.16. The minimum atomic E-state index is -0.0619. The maximum absolute atomic E-state index is 11.6. The molecule has 0 aliphatic carbocycles. The summed E-state index contributed by atoms with van der Waals surface area (Å²) in [5, 5.41) is 11.7. The van der Waals surface area contributed by atoms with Gasteiger partial charge in [-0.1, -0.05) is 26.0 Å². The molecule has 1 aromatic rings. The molecule has 0 saturated carbocycles. The molecule has 0 spiro atoms. The molecule has 0 bridgehead atoms. The summed E-state index contributed by atoms with van der Waals surface area (Å²) in [6, 6.07) is 6.96. The van der Waals surface area contributed by atoms with Gasteiger partial charge in [0.25, 0.3) is 5.91 Å². The monoisotopic (exact) mass is 207 g/mol. The molecule has 2 N–H and O–H groups in total. The number of hydrogen-bond donors (Lipinski definition) is 2. The molecule has 0 unspecified atom stereocenters. The van der Waals surface area contributed by atoms with Crippen LogP contribution in [0.5, 0.6) is 0 Å². The van der Waals surface area contributed by atoms with E-state index in [4.69, 9.17) is 5.11 Å². The van der Waals surface area contributed by atoms with Crippen LogP contribution in [-0.2, 0) is 6.61 Å². The first kappa shape index (κ1) is 11.7. The van der Waals surface area contributed by atoms with Gasteiger partial charge in [-0.3, -0.25) is 4.79 Å². The van der Waals surface area contributed by atoms with Crippen LogP contribution in [0.3, 0.4) is 0 Å². The number of carbonyl (C=O) groups excluding carboxylic acids is 1. The van der Waals surface area contributed by atoms with Gasteiger partial charge >= 0.3 is 0 Å². The van der Waals surface area contributed by atoms with Gasteiger partial charge in [-0.05, 0) is 23.6 Å². The Hall–Kier alpha value is -1.35. The Labute approximate surface area is 90.1 Å². The Balaban J connectivity index is 2.58. The molecule has 0 heterocycles. The Morgan fingerprint density at radius 3 is 2.40 bits per heavy atom. The third kappa shape index (κ3) is 3.72. The average molecular weight is 207 g/mol. The number of carbonyl (C=O) groups is 1. The van der Waals surface area contributed by atoms with E-state index in [1.54, 1.807) is 24.3 Å². The molecule has 82 valence electrons. The van der Waals surface area contributed by atoms with Crippen molar-refractivity contribution in [3.63, 3.8) is 0 Å². The third-order valence-electron chi connectivity index (χ3n) is 2.07. The lowest BCUT2D eigenvalue weighted by molar-refractivity contribution is 0.0949. The summed E-state index contributed by atoms with van der Waals surface area (Å²) < 4.78 is 0. The molecule has 0 atom stereocenters. The number of benzene rings is 1. The van der Waals surface area contributed by atoms with E-state index in [1.165, 1.54) is 0 Å². The van der Waals surface area contributed by atoms with Crippen molar-refractivity contribution < 1.29 is 9.90 Å². The van der Waals surface area contributed by atoms with Crippen molar-refractivity contribution in [3.05, 3.63) is 35.4 Å². The first-order valence-corrected chi connectivity index (χ1v) is 5.11. The highest BCUT2D eigenvalue weighted by Crippen LogP contribution is 2.04. The highest BCUT2D eigenvalue weighted by molar-refractivity contribution is 5.94. The summed E-state index contributed by atoms with van der Waals surface area (Å²) >= 11 is 0. The third-order valence-corrected chi connectivity index (χ3v) is 2.07. The van der Waals surface area contributed by atoms with Crippen molar-refractivity contribution in [2.45, 2.75) is 20.5 Å². The van der Waals surface area contributed by atoms with Gasteiger partial charge in [0.2, 0.25) is 0 Å². The number of nitrogens with one attached hydrogen (secondary N) is 1. The van der Waals surface area contributed by atoms with Crippen LogP contribution in [0.15, 0.2) is 24.3 Å². The van der Waals surface area contributed by atoms with Gasteiger partial charge in [0.05, 0.1) is 6.61 Å². The van der Waals surface area contributed by atoms with Crippen molar-refractivity contribution in [3.8, 4) is 0 Å². The van der Waals surface area contributed by atoms with Gasteiger partial charge in [-0.15, -0.1) is 0 Å². The molecule has 0 fully saturated rings. The van der Waals surface area contributed by atoms with Crippen LogP contribution < -0.4 is 5.32 Å². The fraction of sp³-hybridized carbons (Fsp3) is 0.417. The zero-order valence-electron chi connectivity index (χ0n) is 9.16. The second kappa shape index (κ2) is 5.51. The standard InChI is InChI=1S/C12H17NO2/c1-9(2)7-13-12(15)11-5-3-10(8-14)4-6-11/h3-6,9,14H,7-8H2,1-2H3,(H,13,15). The summed E-state index contributed by atoms with van der Waals surface area (Å²) in [7, 11) is 0. The molecule has 15 heavy (non-hydrogen) atoms. The minimum absolute atomic E-state index is 0.00783. The highest BCUT2D eigenvalue weighted by atomic mass is 16.3. The zero-order chi connectivity index (χ0) is 11.3. The number of amides is 1. The maximum Gasteiger partial charge on any atom is 0.251 e. The van der Waals surface area contributed by atoms with Gasteiger partial charge in [-0.25, -0.2) is 0 Å². The Bertz CT molecular complexity index is 317. The minimum Gasteiger partial charge on any atom is -0.392 e. The van der Waals surface area contributed by atoms with Crippen molar-refractivity contribution in [1.82, 2.24) is 5.32 Å². The van der Waals surface area contributed by atoms with Crippen LogP contribution in [0, 0.1) is 5.92 Å². The number of hydrogen-bond acceptors (Lipinski definition) is 2. The van der Waals surface area contributed by atoms with E-state index < -0.39 is 0 Å². The molecule has 0 aromatic heterocycles. The molecule has 1 rings (SSSR count). The molecule has 3 nitrogen and oxygen atoms in total. The molecule has 0 aliphatic heterocycles. The predicted octanol–water partition coefficient (Wildman–Crippen LogP) is 1.56. The quantitative estimate of drug-likeness (QED) is 0.787. The van der Waals surface area contributed by atoms with E-state index >= 15 is 0 Å². The van der Waals surface area contributed by atoms with E-state index in [1.807, 2.05) is 0 Å². The summed E-state index contributed by atoms with van der Waals surface area (Å²) in [4.78, 5) is 11.6. The van der Waals surface area contributed by atoms with Crippen molar-refractivity contribution in [2.75, 3.05) is 6.54 Å². The molecular weight excluding hydrogens is 190 g/mol. The van der Waals surface area contributed by atoms with E-state index in [0.717, 1.165) is 5.56 Å². The first-order valence-electron chi connectivity index (χ1n) is 5.11. The van der Waals surface area contributed by atoms with Crippen molar-refractivity contribution in [1.29, 1.82) is 0 Å². The van der Waals surface area contributed by atoms with E-state index in [0.29, 0.717) is 18.0 Å². The first-order chi connectivity index (χ1) is 7.13. The van der Waals surface area contributed by atoms with E-state index in [9.17, 15) is 4.79 Å². The van der Waals surface area contributed by atoms with E-state index in [2.05, 4.69) is 19.2 Å². The normalized spacial score (nSPS) is 10.4. The van der Waals surface area contributed by atoms with Crippen LogP contribution in [-0.4, -0.2) is 17.6 Å². The van der Waals surface area contributed by atoms with Gasteiger partial charge in [0, 0.05) is 12.1 Å². The second-order valence-electron chi connectivity index (χ2n) is 3.96. The van der Waals surface area contributed by atoms with Crippen LogP contribution in [0.1, 0.15) is 29.8 Å². The lowest BCUT2D eigenvalue weighted by Crippen LogP contribution is -2.27. The van der Waals surface area contributed by atoms with Crippen LogP contribution >= 0.6 is 0 Å². The number of aliphatic hydroxyl groups excluding tert-OH is 1. The predicted molar refractivity (Wildman–Crippen MR) is 59.5 cm³/mol. The SMILES string of the molecule is CC(C)CNC(=O)c1ccc(CO)cc1. The van der Waals surface area contributed by atoms with Gasteiger partial charge in [0.15, 0.2) is 0 Å². The molecule has 1 aromatic carbocycles. The zero-order valence-corrected chi connectivity index (χ0v) is 9.16. The van der Waals surface area contributed by atoms with E-state index in [-0.39, 0.29) is 12.5 Å². The molecular formula is C12H17NO2. The smallest absolute Gasteiger partial charge is 0.251 e. The van der Waals surface area contributed by atoms with Crippen LogP contribution in [0.2, 0.25) is 0 Å². The Morgan fingerprint density at radius 2 is 1.93 bits per heavy atom. The molecule has 0 radical (unpaired) electrons. The van der Waals surface area contributed by atoms with Gasteiger partial charge in [0.1, 0.15) is 0 Å². The Kier molecular flexibility index (Phi) is 4.31. The van der Waals surface area contributed by atoms with Gasteiger partial charge in [-0.2, -0.15) is 0 Å². The molecule has 0 aliphatic rings. The van der Waals surface area contributed by atoms with Crippen LogP contribution in [0.4, 0.5) is 0 Å². The largest absolute Gasteiger partial charge is 0.392 e.